The molecular weight excluding hydrogens is 264 g/mol. The number of hydrogen-bond donors (Lipinski definition) is 2. The van der Waals surface area contributed by atoms with Crippen LogP contribution >= 0.6 is 15.9 Å². The molecule has 0 fully saturated rings. The lowest BCUT2D eigenvalue weighted by atomic mass is 10.4. The van der Waals surface area contributed by atoms with Gasteiger partial charge in [-0.3, -0.25) is 0 Å². The molecule has 0 saturated heterocycles. The molecule has 0 amide bonds. The fourth-order valence-electron chi connectivity index (χ4n) is 0.557. The highest BCUT2D eigenvalue weighted by molar-refractivity contribution is 9.10. The summed E-state index contributed by atoms with van der Waals surface area (Å²) in [5.41, 5.74) is 0. The third-order valence-electron chi connectivity index (χ3n) is 1.10. The van der Waals surface area contributed by atoms with Gasteiger partial charge < -0.3 is 10.2 Å². The van der Waals surface area contributed by atoms with Crippen LogP contribution in [0, 0.1) is 0 Å². The largest absolute Gasteiger partial charge is 0.478 e. The predicted molar refractivity (Wildman–Crippen MR) is 58.6 cm³/mol. The lowest BCUT2D eigenvalue weighted by Gasteiger charge is -1.80. The van der Waals surface area contributed by atoms with Crippen molar-refractivity contribution in [1.82, 2.24) is 0 Å². The van der Waals surface area contributed by atoms with E-state index in [1.165, 1.54) is 0 Å². The van der Waals surface area contributed by atoms with Crippen LogP contribution in [0.2, 0.25) is 0 Å². The van der Waals surface area contributed by atoms with Gasteiger partial charge in [0, 0.05) is 16.6 Å². The van der Waals surface area contributed by atoms with E-state index >= 15 is 0 Å². The highest BCUT2D eigenvalue weighted by Gasteiger charge is 1.88. The summed E-state index contributed by atoms with van der Waals surface area (Å²) in [5, 5.41) is 15.6. The Kier molecular flexibility index (Phi) is 6.92. The van der Waals surface area contributed by atoms with Crippen LogP contribution in [0.4, 0.5) is 0 Å². The van der Waals surface area contributed by atoms with Crippen molar-refractivity contribution in [1.29, 1.82) is 0 Å². The van der Waals surface area contributed by atoms with Gasteiger partial charge in [0.2, 0.25) is 0 Å². The standard InChI is InChI=1S/C6H5Br.C4H4O4/c7-6-4-2-1-3-5-6;5-3(6)1-2-4(7)8/h1-5H;1-2H,(H,5,6)(H,7,8). The molecule has 0 aromatic heterocycles. The molecule has 1 aromatic carbocycles. The minimum atomic E-state index is -1.26. The van der Waals surface area contributed by atoms with Crippen LogP contribution in [-0.4, -0.2) is 22.2 Å². The monoisotopic (exact) mass is 272 g/mol. The Labute approximate surface area is 95.0 Å². The molecule has 0 bridgehead atoms. The van der Waals surface area contributed by atoms with Gasteiger partial charge in [-0.05, 0) is 12.1 Å². The number of hydrogen-bond acceptors (Lipinski definition) is 2. The highest BCUT2D eigenvalue weighted by atomic mass is 79.9. The molecule has 0 aliphatic rings. The summed E-state index contributed by atoms with van der Waals surface area (Å²) in [5.74, 6) is -2.51. The summed E-state index contributed by atoms with van der Waals surface area (Å²) in [4.78, 5) is 19.1. The average molecular weight is 273 g/mol. The zero-order chi connectivity index (χ0) is 11.7. The molecule has 80 valence electrons. The molecule has 0 heterocycles. The zero-order valence-electron chi connectivity index (χ0n) is 7.63. The van der Waals surface area contributed by atoms with Crippen LogP contribution in [0.15, 0.2) is 47.0 Å². The van der Waals surface area contributed by atoms with Crippen LogP contribution < -0.4 is 0 Å². The van der Waals surface area contributed by atoms with Crippen molar-refractivity contribution in [3.8, 4) is 0 Å². The first-order valence-electron chi connectivity index (χ1n) is 3.87. The number of carboxylic acids is 2. The Bertz CT molecular complexity index is 330. The predicted octanol–water partition coefficient (Wildman–Crippen LogP) is 2.16. The van der Waals surface area contributed by atoms with E-state index in [4.69, 9.17) is 10.2 Å². The smallest absolute Gasteiger partial charge is 0.328 e. The molecule has 1 aromatic rings. The average Bonchev–Trinajstić information content (AvgIpc) is 2.17. The molecule has 5 heteroatoms. The normalized spacial score (nSPS) is 9.13. The van der Waals surface area contributed by atoms with E-state index in [0.29, 0.717) is 12.2 Å². The van der Waals surface area contributed by atoms with Crippen LogP contribution in [0.5, 0.6) is 0 Å². The Hall–Kier alpha value is -1.62. The maximum atomic E-state index is 9.55. The summed E-state index contributed by atoms with van der Waals surface area (Å²) in [6.45, 7) is 0. The van der Waals surface area contributed by atoms with Crippen molar-refractivity contribution < 1.29 is 19.8 Å². The van der Waals surface area contributed by atoms with E-state index in [9.17, 15) is 9.59 Å². The minimum absolute atomic E-state index is 0.558. The molecule has 2 N–H and O–H groups in total. The van der Waals surface area contributed by atoms with Gasteiger partial charge in [-0.15, -0.1) is 0 Å². The molecule has 0 aliphatic carbocycles. The molecule has 15 heavy (non-hydrogen) atoms. The van der Waals surface area contributed by atoms with Crippen LogP contribution in [-0.2, 0) is 9.59 Å². The van der Waals surface area contributed by atoms with Crippen molar-refractivity contribution in [2.75, 3.05) is 0 Å². The van der Waals surface area contributed by atoms with E-state index in [0.717, 1.165) is 4.47 Å². The van der Waals surface area contributed by atoms with Gasteiger partial charge in [0.15, 0.2) is 0 Å². The topological polar surface area (TPSA) is 74.6 Å². The van der Waals surface area contributed by atoms with Gasteiger partial charge in [0.1, 0.15) is 0 Å². The lowest BCUT2D eigenvalue weighted by Crippen LogP contribution is -1.91. The third-order valence-corrected chi connectivity index (χ3v) is 1.63. The molecule has 0 aliphatic heterocycles. The Balaban J connectivity index is 0.000000262. The molecular formula is C10H9BrO4. The van der Waals surface area contributed by atoms with Crippen LogP contribution in [0.1, 0.15) is 0 Å². The zero-order valence-corrected chi connectivity index (χ0v) is 9.22. The molecule has 1 rings (SSSR count). The fourth-order valence-corrected chi connectivity index (χ4v) is 0.862. The van der Waals surface area contributed by atoms with E-state index in [-0.39, 0.29) is 0 Å². The maximum Gasteiger partial charge on any atom is 0.328 e. The van der Waals surface area contributed by atoms with Gasteiger partial charge in [-0.2, -0.15) is 0 Å². The second kappa shape index (κ2) is 7.75. The van der Waals surface area contributed by atoms with Gasteiger partial charge in [0.25, 0.3) is 0 Å². The minimum Gasteiger partial charge on any atom is -0.478 e. The quantitative estimate of drug-likeness (QED) is 0.810. The first-order valence-corrected chi connectivity index (χ1v) is 4.66. The highest BCUT2D eigenvalue weighted by Crippen LogP contribution is 2.05. The summed E-state index contributed by atoms with van der Waals surface area (Å²) in [6.07, 6.45) is 1.12. The second-order valence-electron chi connectivity index (χ2n) is 2.31. The number of halogens is 1. The molecule has 0 radical (unpaired) electrons. The van der Waals surface area contributed by atoms with E-state index in [2.05, 4.69) is 15.9 Å². The molecule has 0 spiro atoms. The number of benzene rings is 1. The van der Waals surface area contributed by atoms with Crippen molar-refractivity contribution in [3.63, 3.8) is 0 Å². The number of carboxylic acid groups (broad SMARTS) is 2. The summed E-state index contributed by atoms with van der Waals surface area (Å²) < 4.78 is 1.13. The molecule has 0 atom stereocenters. The van der Waals surface area contributed by atoms with Crippen molar-refractivity contribution >= 4 is 27.9 Å². The van der Waals surface area contributed by atoms with Crippen molar-refractivity contribution in [2.24, 2.45) is 0 Å². The van der Waals surface area contributed by atoms with Gasteiger partial charge in [-0.1, -0.05) is 34.1 Å². The molecule has 0 saturated carbocycles. The summed E-state index contributed by atoms with van der Waals surface area (Å²) in [6, 6.07) is 9.97. The fraction of sp³-hybridized carbons (Fsp3) is 0. The van der Waals surface area contributed by atoms with E-state index in [1.807, 2.05) is 30.3 Å². The Morgan fingerprint density at radius 3 is 1.60 bits per heavy atom. The number of rotatable bonds is 2. The maximum absolute atomic E-state index is 9.55. The van der Waals surface area contributed by atoms with E-state index < -0.39 is 11.9 Å². The van der Waals surface area contributed by atoms with E-state index in [1.54, 1.807) is 0 Å². The van der Waals surface area contributed by atoms with Crippen molar-refractivity contribution in [2.45, 2.75) is 0 Å². The third kappa shape index (κ3) is 10.3. The van der Waals surface area contributed by atoms with Gasteiger partial charge in [0.05, 0.1) is 0 Å². The Morgan fingerprint density at radius 2 is 1.40 bits per heavy atom. The summed E-state index contributed by atoms with van der Waals surface area (Å²) in [7, 11) is 0. The SMILES string of the molecule is Brc1ccccc1.O=C(O)C=CC(=O)O. The second-order valence-corrected chi connectivity index (χ2v) is 3.22. The number of aliphatic carboxylic acids is 2. The van der Waals surface area contributed by atoms with Crippen LogP contribution in [0.25, 0.3) is 0 Å². The van der Waals surface area contributed by atoms with Gasteiger partial charge in [-0.25, -0.2) is 9.59 Å². The first kappa shape index (κ1) is 13.4. The van der Waals surface area contributed by atoms with Crippen LogP contribution in [0.3, 0.4) is 0 Å². The van der Waals surface area contributed by atoms with Gasteiger partial charge >= 0.3 is 11.9 Å². The first-order chi connectivity index (χ1) is 7.02. The summed E-state index contributed by atoms with van der Waals surface area (Å²) >= 11 is 3.31. The molecule has 4 nitrogen and oxygen atoms in total. The number of carbonyl (C=O) groups is 2. The van der Waals surface area contributed by atoms with Crippen molar-refractivity contribution in [3.05, 3.63) is 47.0 Å². The molecule has 0 unspecified atom stereocenters. The Morgan fingerprint density at radius 1 is 1.00 bits per heavy atom. The lowest BCUT2D eigenvalue weighted by molar-refractivity contribution is -0.134.